The molecule has 0 N–H and O–H groups in total. The molecule has 300 valence electrons. The van der Waals surface area contributed by atoms with Crippen molar-refractivity contribution in [1.82, 2.24) is 0 Å². The molecule has 1 atom stereocenters. The Morgan fingerprint density at radius 3 is 1.38 bits per heavy atom. The van der Waals surface area contributed by atoms with Gasteiger partial charge in [0.25, 0.3) is 0 Å². The van der Waals surface area contributed by atoms with Gasteiger partial charge in [0.2, 0.25) is 0 Å². The van der Waals surface area contributed by atoms with Gasteiger partial charge in [-0.3, -0.25) is 6.08 Å². The van der Waals surface area contributed by atoms with E-state index in [0.717, 1.165) is 48.5 Å². The summed E-state index contributed by atoms with van der Waals surface area (Å²) in [5.74, 6) is 0.573. The Morgan fingerprint density at radius 1 is 0.672 bits per heavy atom. The summed E-state index contributed by atoms with van der Waals surface area (Å²) in [4.78, 5) is 0. The Balaban J connectivity index is 0.000000158. The summed E-state index contributed by atoms with van der Waals surface area (Å²) in [6, 6.07) is 21.2. The van der Waals surface area contributed by atoms with Gasteiger partial charge >= 0.3 is 137 Å². The average Bonchev–Trinajstić information content (AvgIpc) is 3.88. The van der Waals surface area contributed by atoms with E-state index in [-0.39, 0.29) is 10.8 Å². The molecule has 0 saturated carbocycles. The second-order valence-corrected chi connectivity index (χ2v) is 19.2. The molecule has 58 heavy (non-hydrogen) atoms. The SMILES string of the molecule is CC1=CC(C)(C)c2cc3[cH-]c4cc5c(cc4c3cc21)C(C)=CC5(C)C.CCC1[C-]=CC(C(C)(C)C)=C1.FC(F)(F)c1ccc([C](=[Zr+2])c2ccc(C(F)(F)F)cc2)cc1. The molecular formula is C51H50F6Zr. The number of hydrogen-bond acceptors (Lipinski definition) is 0. The molecule has 0 amide bonds. The zero-order chi connectivity index (χ0) is 42.7. The van der Waals surface area contributed by atoms with Crippen LogP contribution in [0.25, 0.3) is 32.7 Å². The molecule has 0 nitrogen and oxygen atoms in total. The Kier molecular flexibility index (Phi) is 11.7. The fourth-order valence-electron chi connectivity index (χ4n) is 8.25. The van der Waals surface area contributed by atoms with Crippen LogP contribution in [0.1, 0.15) is 120 Å². The topological polar surface area (TPSA) is 0 Å². The minimum atomic E-state index is -4.41. The molecule has 3 aliphatic rings. The molecule has 0 radical (unpaired) electrons. The third kappa shape index (κ3) is 8.96. The number of rotatable bonds is 3. The Hall–Kier alpha value is -3.96. The standard InChI is InChI=1S/C25H25.C15H8F6.C11H17.Zr/c1-14-12-24(3,4)22-8-16-7-17-9-23-19(15(2)13-25(23,5)6)11-21(17)20(16)10-18(14)22;16-14(17,18)12-5-1-10(2-6-12)9-11-3-7-13(8-4-11)15(19,20)21;1-5-9-6-7-10(8-9)11(2,3)4;/h7-13H,1-6H3;1-8H;7-9H,5H2,1-4H3;/q-1;;-1;+2. The van der Waals surface area contributed by atoms with Crippen LogP contribution in [0.4, 0.5) is 26.3 Å². The van der Waals surface area contributed by atoms with Crippen molar-refractivity contribution in [3.8, 4) is 0 Å². The van der Waals surface area contributed by atoms with Gasteiger partial charge in [-0.25, -0.2) is 6.08 Å². The van der Waals surface area contributed by atoms with Gasteiger partial charge in [-0.1, -0.05) is 109 Å². The summed E-state index contributed by atoms with van der Waals surface area (Å²) in [7, 11) is 0. The maximum atomic E-state index is 12.5. The van der Waals surface area contributed by atoms with Crippen molar-refractivity contribution >= 4 is 35.9 Å². The zero-order valence-electron chi connectivity index (χ0n) is 34.9. The summed E-state index contributed by atoms with van der Waals surface area (Å²) in [6.07, 6.45) is 5.00. The van der Waals surface area contributed by atoms with Gasteiger partial charge in [-0.05, 0) is 36.1 Å². The van der Waals surface area contributed by atoms with Crippen molar-refractivity contribution in [3.63, 3.8) is 0 Å². The molecule has 3 aliphatic carbocycles. The van der Waals surface area contributed by atoms with Crippen LogP contribution in [0, 0.1) is 17.4 Å². The van der Waals surface area contributed by atoms with Crippen molar-refractivity contribution in [2.45, 2.75) is 98.8 Å². The van der Waals surface area contributed by atoms with E-state index in [9.17, 15) is 26.3 Å². The van der Waals surface area contributed by atoms with E-state index in [1.807, 2.05) is 0 Å². The number of allylic oxidation sites excluding steroid dienone is 8. The summed E-state index contributed by atoms with van der Waals surface area (Å²) in [6.45, 7) is 22.7. The first-order valence-electron chi connectivity index (χ1n) is 19.7. The molecule has 5 aromatic rings. The van der Waals surface area contributed by atoms with Crippen LogP contribution in [-0.2, 0) is 47.4 Å². The Labute approximate surface area is 354 Å². The molecule has 7 heteroatoms. The molecule has 0 saturated heterocycles. The van der Waals surface area contributed by atoms with Gasteiger partial charge in [0, 0.05) is 10.8 Å². The molecular weight excluding hydrogens is 818 g/mol. The van der Waals surface area contributed by atoms with Crippen LogP contribution < -0.4 is 0 Å². The van der Waals surface area contributed by atoms with Gasteiger partial charge in [-0.2, -0.15) is 11.6 Å². The fourth-order valence-corrected chi connectivity index (χ4v) is 9.07. The second kappa shape index (κ2) is 15.6. The number of hydrogen-bond donors (Lipinski definition) is 0. The molecule has 5 aromatic carbocycles. The summed E-state index contributed by atoms with van der Waals surface area (Å²) in [5, 5.41) is 5.57. The van der Waals surface area contributed by atoms with Crippen molar-refractivity contribution in [2.75, 3.05) is 0 Å². The predicted octanol–water partition coefficient (Wildman–Crippen LogP) is 15.3. The van der Waals surface area contributed by atoms with Gasteiger partial charge in [0.15, 0.2) is 0 Å². The number of halogens is 6. The van der Waals surface area contributed by atoms with Gasteiger partial charge < -0.3 is 0 Å². The van der Waals surface area contributed by atoms with E-state index in [4.69, 9.17) is 0 Å². The third-order valence-electron chi connectivity index (χ3n) is 11.5. The number of alkyl halides is 6. The third-order valence-corrected chi connectivity index (χ3v) is 12.9. The van der Waals surface area contributed by atoms with Gasteiger partial charge in [0.05, 0.1) is 0 Å². The molecule has 1 unspecified atom stereocenters. The molecule has 0 bridgehead atoms. The monoisotopic (exact) mass is 866 g/mol. The molecule has 0 aliphatic heterocycles. The van der Waals surface area contributed by atoms with Gasteiger partial charge in [0.1, 0.15) is 0 Å². The van der Waals surface area contributed by atoms with Crippen LogP contribution in [0.15, 0.2) is 109 Å². The summed E-state index contributed by atoms with van der Waals surface area (Å²) >= 11 is 0.898. The molecule has 8 rings (SSSR count). The van der Waals surface area contributed by atoms with E-state index in [1.54, 1.807) is 0 Å². The second-order valence-electron chi connectivity index (χ2n) is 17.9. The number of benzene rings is 4. The first kappa shape index (κ1) is 43.6. The van der Waals surface area contributed by atoms with Crippen LogP contribution >= 0.6 is 0 Å². The molecule has 0 heterocycles. The minimum absolute atomic E-state index is 0.139. The summed E-state index contributed by atoms with van der Waals surface area (Å²) in [5.41, 5.74) is 10.2. The fraction of sp³-hybridized carbons (Fsp3) is 0.333. The van der Waals surface area contributed by atoms with E-state index in [0.29, 0.717) is 25.7 Å². The predicted molar refractivity (Wildman–Crippen MR) is 226 cm³/mol. The van der Waals surface area contributed by atoms with E-state index in [1.165, 1.54) is 91.2 Å². The Morgan fingerprint density at radius 2 is 1.07 bits per heavy atom. The Bertz CT molecular complexity index is 2350. The van der Waals surface area contributed by atoms with Crippen LogP contribution in [0.3, 0.4) is 0 Å². The first-order valence-corrected chi connectivity index (χ1v) is 20.9. The first-order chi connectivity index (χ1) is 26.8. The van der Waals surface area contributed by atoms with E-state index < -0.39 is 23.5 Å². The maximum absolute atomic E-state index is 12.5. The summed E-state index contributed by atoms with van der Waals surface area (Å²) < 4.78 is 75.6. The van der Waals surface area contributed by atoms with Crippen molar-refractivity contribution in [2.24, 2.45) is 11.3 Å². The van der Waals surface area contributed by atoms with Crippen LogP contribution in [-0.4, -0.2) is 3.21 Å². The average molecular weight is 868 g/mol. The normalized spacial score (nSPS) is 17.8. The zero-order valence-corrected chi connectivity index (χ0v) is 37.3. The van der Waals surface area contributed by atoms with Crippen LogP contribution in [0.2, 0.25) is 0 Å². The van der Waals surface area contributed by atoms with Crippen LogP contribution in [0.5, 0.6) is 0 Å². The van der Waals surface area contributed by atoms with Crippen molar-refractivity contribution in [1.29, 1.82) is 0 Å². The number of fused-ring (bicyclic) bond motifs is 5. The molecule has 0 spiro atoms. The van der Waals surface area contributed by atoms with E-state index >= 15 is 0 Å². The van der Waals surface area contributed by atoms with Gasteiger partial charge in [-0.15, -0.1) is 39.7 Å². The quantitative estimate of drug-likeness (QED) is 0.125. The van der Waals surface area contributed by atoms with Crippen molar-refractivity contribution in [3.05, 3.63) is 159 Å². The molecule has 0 aromatic heterocycles. The van der Waals surface area contributed by atoms with E-state index in [2.05, 4.69) is 130 Å². The van der Waals surface area contributed by atoms with Crippen molar-refractivity contribution < 1.29 is 50.6 Å². The molecule has 0 fully saturated rings.